The minimum atomic E-state index is 0.0986. The first-order chi connectivity index (χ1) is 13.4. The molecule has 0 radical (unpaired) electrons. The highest BCUT2D eigenvalue weighted by Crippen LogP contribution is 2.42. The molecule has 2 heterocycles. The number of para-hydroxylation sites is 1. The van der Waals surface area contributed by atoms with E-state index in [0.717, 1.165) is 52.5 Å². The van der Waals surface area contributed by atoms with Gasteiger partial charge in [0.15, 0.2) is 5.16 Å². The SMILES string of the molecule is CCCSc1nc2sc3c(c2c(=O)n1-c1ccccc1)CCC(C(C)(C)C)C3. The summed E-state index contributed by atoms with van der Waals surface area (Å²) in [5.74, 6) is 1.63. The number of aromatic nitrogens is 2. The third kappa shape index (κ3) is 3.55. The van der Waals surface area contributed by atoms with Gasteiger partial charge in [0.25, 0.3) is 5.56 Å². The lowest BCUT2D eigenvalue weighted by atomic mass is 9.72. The molecule has 2 aromatic heterocycles. The number of nitrogens with zero attached hydrogens (tertiary/aromatic N) is 2. The normalized spacial score (nSPS) is 17.1. The number of benzene rings is 1. The zero-order valence-electron chi connectivity index (χ0n) is 17.1. The minimum Gasteiger partial charge on any atom is -0.268 e. The van der Waals surface area contributed by atoms with Gasteiger partial charge in [-0.3, -0.25) is 9.36 Å². The van der Waals surface area contributed by atoms with Crippen molar-refractivity contribution in [2.75, 3.05) is 5.75 Å². The molecule has 5 heteroatoms. The predicted octanol–water partition coefficient (Wildman–Crippen LogP) is 6.10. The summed E-state index contributed by atoms with van der Waals surface area (Å²) < 4.78 is 1.82. The van der Waals surface area contributed by atoms with E-state index in [9.17, 15) is 4.79 Å². The number of hydrogen-bond donors (Lipinski definition) is 0. The van der Waals surface area contributed by atoms with Crippen molar-refractivity contribution in [3.05, 3.63) is 51.1 Å². The van der Waals surface area contributed by atoms with Gasteiger partial charge in [-0.15, -0.1) is 11.3 Å². The Bertz CT molecular complexity index is 1040. The summed E-state index contributed by atoms with van der Waals surface area (Å²) in [6.45, 7) is 9.15. The summed E-state index contributed by atoms with van der Waals surface area (Å²) >= 11 is 3.43. The van der Waals surface area contributed by atoms with E-state index in [-0.39, 0.29) is 5.56 Å². The fraction of sp³-hybridized carbons (Fsp3) is 0.478. The number of fused-ring (bicyclic) bond motifs is 3. The van der Waals surface area contributed by atoms with Crippen molar-refractivity contribution in [2.45, 2.75) is 58.5 Å². The third-order valence-electron chi connectivity index (χ3n) is 5.73. The molecular formula is C23H28N2OS2. The molecule has 0 spiro atoms. The van der Waals surface area contributed by atoms with Crippen molar-refractivity contribution in [1.29, 1.82) is 0 Å². The first-order valence-corrected chi connectivity index (χ1v) is 12.0. The van der Waals surface area contributed by atoms with Gasteiger partial charge in [0.2, 0.25) is 0 Å². The standard InChI is InChI=1S/C23H28N2OS2/c1-5-13-27-22-24-20-19(21(26)25(22)16-9-7-6-8-10-16)17-12-11-15(23(2,3)4)14-18(17)28-20/h6-10,15H,5,11-14H2,1-4H3. The van der Waals surface area contributed by atoms with Gasteiger partial charge in [0.1, 0.15) is 4.83 Å². The van der Waals surface area contributed by atoms with Crippen molar-refractivity contribution in [1.82, 2.24) is 9.55 Å². The van der Waals surface area contributed by atoms with Crippen LogP contribution in [-0.4, -0.2) is 15.3 Å². The lowest BCUT2D eigenvalue weighted by Gasteiger charge is -2.33. The molecule has 4 rings (SSSR count). The Morgan fingerprint density at radius 1 is 1.25 bits per heavy atom. The molecule has 3 nitrogen and oxygen atoms in total. The van der Waals surface area contributed by atoms with Crippen LogP contribution in [0.25, 0.3) is 15.9 Å². The molecule has 0 aliphatic heterocycles. The minimum absolute atomic E-state index is 0.0986. The van der Waals surface area contributed by atoms with E-state index in [2.05, 4.69) is 27.7 Å². The smallest absolute Gasteiger partial charge is 0.267 e. The van der Waals surface area contributed by atoms with Crippen LogP contribution in [0.4, 0.5) is 0 Å². The van der Waals surface area contributed by atoms with E-state index in [4.69, 9.17) is 4.98 Å². The van der Waals surface area contributed by atoms with Crippen LogP contribution >= 0.6 is 23.1 Å². The molecule has 0 fully saturated rings. The van der Waals surface area contributed by atoms with Crippen LogP contribution in [0.5, 0.6) is 0 Å². The Labute approximate surface area is 175 Å². The molecule has 0 saturated heterocycles. The molecule has 0 amide bonds. The zero-order valence-corrected chi connectivity index (χ0v) is 18.8. The van der Waals surface area contributed by atoms with Gasteiger partial charge in [-0.05, 0) is 54.7 Å². The second-order valence-electron chi connectivity index (χ2n) is 8.71. The Morgan fingerprint density at radius 2 is 2.00 bits per heavy atom. The summed E-state index contributed by atoms with van der Waals surface area (Å²) in [6.07, 6.45) is 4.27. The summed E-state index contributed by atoms with van der Waals surface area (Å²) in [7, 11) is 0. The zero-order chi connectivity index (χ0) is 19.9. The molecular weight excluding hydrogens is 384 g/mol. The first-order valence-electron chi connectivity index (χ1n) is 10.2. The van der Waals surface area contributed by atoms with Crippen molar-refractivity contribution in [3.63, 3.8) is 0 Å². The highest BCUT2D eigenvalue weighted by molar-refractivity contribution is 7.99. The largest absolute Gasteiger partial charge is 0.268 e. The summed E-state index contributed by atoms with van der Waals surface area (Å²) in [4.78, 5) is 20.9. The Hall–Kier alpha value is -1.59. The topological polar surface area (TPSA) is 34.9 Å². The molecule has 3 aromatic rings. The molecule has 1 aliphatic carbocycles. The maximum atomic E-state index is 13.6. The molecule has 1 atom stereocenters. The fourth-order valence-electron chi connectivity index (χ4n) is 4.04. The van der Waals surface area contributed by atoms with Gasteiger partial charge in [-0.25, -0.2) is 4.98 Å². The molecule has 0 saturated carbocycles. The van der Waals surface area contributed by atoms with Crippen LogP contribution in [0, 0.1) is 11.3 Å². The first kappa shape index (κ1) is 19.7. The fourth-order valence-corrected chi connectivity index (χ4v) is 6.25. The lowest BCUT2D eigenvalue weighted by Crippen LogP contribution is -2.27. The van der Waals surface area contributed by atoms with Gasteiger partial charge in [0, 0.05) is 10.6 Å². The molecule has 0 N–H and O–H groups in total. The number of rotatable bonds is 4. The van der Waals surface area contributed by atoms with Crippen LogP contribution in [0.15, 0.2) is 40.3 Å². The molecule has 1 aromatic carbocycles. The van der Waals surface area contributed by atoms with Crippen LogP contribution < -0.4 is 5.56 Å². The molecule has 0 bridgehead atoms. The van der Waals surface area contributed by atoms with Crippen LogP contribution in [0.3, 0.4) is 0 Å². The van der Waals surface area contributed by atoms with Crippen molar-refractivity contribution >= 4 is 33.3 Å². The Balaban J connectivity index is 1.90. The van der Waals surface area contributed by atoms with Crippen molar-refractivity contribution in [3.8, 4) is 5.69 Å². The van der Waals surface area contributed by atoms with Crippen LogP contribution in [0.1, 0.15) is 51.0 Å². The van der Waals surface area contributed by atoms with E-state index < -0.39 is 0 Å². The Kier molecular flexibility index (Phi) is 5.41. The Morgan fingerprint density at radius 3 is 2.68 bits per heavy atom. The monoisotopic (exact) mass is 412 g/mol. The number of hydrogen-bond acceptors (Lipinski definition) is 4. The van der Waals surface area contributed by atoms with Gasteiger partial charge < -0.3 is 0 Å². The van der Waals surface area contributed by atoms with E-state index in [1.165, 1.54) is 10.4 Å². The maximum Gasteiger partial charge on any atom is 0.267 e. The lowest BCUT2D eigenvalue weighted by molar-refractivity contribution is 0.218. The predicted molar refractivity (Wildman–Crippen MR) is 121 cm³/mol. The second-order valence-corrected chi connectivity index (χ2v) is 10.9. The van der Waals surface area contributed by atoms with Gasteiger partial charge in [0.05, 0.1) is 11.1 Å². The number of thiophene rings is 1. The molecule has 1 unspecified atom stereocenters. The maximum absolute atomic E-state index is 13.6. The number of thioether (sulfide) groups is 1. The third-order valence-corrected chi connectivity index (χ3v) is 8.02. The number of aryl methyl sites for hydroxylation is 1. The van der Waals surface area contributed by atoms with Crippen LogP contribution in [0.2, 0.25) is 0 Å². The average Bonchev–Trinajstić information content (AvgIpc) is 3.04. The highest BCUT2D eigenvalue weighted by atomic mass is 32.2. The second kappa shape index (κ2) is 7.68. The van der Waals surface area contributed by atoms with Crippen LogP contribution in [-0.2, 0) is 12.8 Å². The average molecular weight is 413 g/mol. The van der Waals surface area contributed by atoms with E-state index in [1.54, 1.807) is 23.1 Å². The molecule has 148 valence electrons. The highest BCUT2D eigenvalue weighted by Gasteiger charge is 2.32. The van der Waals surface area contributed by atoms with Gasteiger partial charge in [-0.2, -0.15) is 0 Å². The quantitative estimate of drug-likeness (QED) is 0.383. The molecule has 28 heavy (non-hydrogen) atoms. The van der Waals surface area contributed by atoms with E-state index in [0.29, 0.717) is 11.3 Å². The summed E-state index contributed by atoms with van der Waals surface area (Å²) in [5.41, 5.74) is 2.56. The van der Waals surface area contributed by atoms with Crippen molar-refractivity contribution in [2.24, 2.45) is 11.3 Å². The molecule has 1 aliphatic rings. The van der Waals surface area contributed by atoms with Crippen molar-refractivity contribution < 1.29 is 0 Å². The van der Waals surface area contributed by atoms with Gasteiger partial charge in [-0.1, -0.05) is 57.7 Å². The van der Waals surface area contributed by atoms with E-state index in [1.807, 2.05) is 34.9 Å². The summed E-state index contributed by atoms with van der Waals surface area (Å²) in [5, 5.41) is 1.67. The van der Waals surface area contributed by atoms with E-state index >= 15 is 0 Å². The van der Waals surface area contributed by atoms with Gasteiger partial charge >= 0.3 is 0 Å². The summed E-state index contributed by atoms with van der Waals surface area (Å²) in [6, 6.07) is 9.95.